The third kappa shape index (κ3) is 2.47. The van der Waals surface area contributed by atoms with Gasteiger partial charge in [-0.05, 0) is 67.2 Å². The van der Waals surface area contributed by atoms with Crippen LogP contribution in [0.3, 0.4) is 0 Å². The summed E-state index contributed by atoms with van der Waals surface area (Å²) in [5.74, 6) is 0. The van der Waals surface area contributed by atoms with Crippen molar-refractivity contribution in [2.45, 2.75) is 6.43 Å². The molecule has 66 valence electrons. The van der Waals surface area contributed by atoms with Gasteiger partial charge in [0, 0.05) is 3.57 Å². The van der Waals surface area contributed by atoms with E-state index in [1.807, 2.05) is 22.6 Å². The average Bonchev–Trinajstić information content (AvgIpc) is 1.96. The highest BCUT2D eigenvalue weighted by Crippen LogP contribution is 2.27. The molecule has 1 aromatic rings. The van der Waals surface area contributed by atoms with E-state index in [2.05, 4.69) is 20.9 Å². The van der Waals surface area contributed by atoms with Gasteiger partial charge in [-0.15, -0.1) is 0 Å². The minimum absolute atomic E-state index is 0.0109. The van der Waals surface area contributed by atoms with Crippen molar-refractivity contribution in [1.82, 2.24) is 4.98 Å². The van der Waals surface area contributed by atoms with Crippen LogP contribution >= 0.6 is 61.1 Å². The van der Waals surface area contributed by atoms with E-state index in [-0.39, 0.29) is 5.56 Å². The number of alkyl halides is 2. The standard InChI is InChI=1S/C6H2BrF2I2N/c7-4-3(10)1-2(5(8)9)6(11)12-4/h1,5H. The molecule has 1 nitrogen and oxygen atoms in total. The summed E-state index contributed by atoms with van der Waals surface area (Å²) in [6, 6.07) is 1.43. The molecular weight excluding hydrogens is 458 g/mol. The summed E-state index contributed by atoms with van der Waals surface area (Å²) >= 11 is 6.91. The van der Waals surface area contributed by atoms with Crippen molar-refractivity contribution >= 4 is 61.1 Å². The van der Waals surface area contributed by atoms with Crippen LogP contribution in [0.4, 0.5) is 8.78 Å². The Labute approximate surface area is 104 Å². The van der Waals surface area contributed by atoms with E-state index < -0.39 is 6.43 Å². The van der Waals surface area contributed by atoms with Crippen LogP contribution in [-0.2, 0) is 0 Å². The first kappa shape index (κ1) is 11.0. The fourth-order valence-electron chi connectivity index (χ4n) is 0.613. The Kier molecular flexibility index (Phi) is 4.09. The predicted octanol–water partition coefficient (Wildman–Crippen LogP) is 3.99. The smallest absolute Gasteiger partial charge is 0.233 e. The zero-order valence-electron chi connectivity index (χ0n) is 5.49. The molecule has 6 heteroatoms. The maximum atomic E-state index is 12.3. The molecule has 0 saturated carbocycles. The van der Waals surface area contributed by atoms with Gasteiger partial charge < -0.3 is 0 Å². The molecule has 0 aliphatic rings. The number of rotatable bonds is 1. The molecule has 0 radical (unpaired) electrons. The molecule has 1 aromatic heterocycles. The first-order chi connectivity index (χ1) is 5.52. The van der Waals surface area contributed by atoms with E-state index in [1.165, 1.54) is 6.07 Å². The summed E-state index contributed by atoms with van der Waals surface area (Å²) in [7, 11) is 0. The summed E-state index contributed by atoms with van der Waals surface area (Å²) in [6.07, 6.45) is -2.45. The molecule has 12 heavy (non-hydrogen) atoms. The summed E-state index contributed by atoms with van der Waals surface area (Å²) in [5, 5.41) is 0. The maximum absolute atomic E-state index is 12.3. The Bertz CT molecular complexity index is 306. The van der Waals surface area contributed by atoms with E-state index >= 15 is 0 Å². The number of halogens is 5. The summed E-state index contributed by atoms with van der Waals surface area (Å²) in [5.41, 5.74) is -0.0109. The second kappa shape index (κ2) is 4.45. The molecule has 0 N–H and O–H groups in total. The molecule has 0 aliphatic heterocycles. The molecule has 0 saturated heterocycles. The lowest BCUT2D eigenvalue weighted by Crippen LogP contribution is -1.95. The lowest BCUT2D eigenvalue weighted by atomic mass is 10.3. The quantitative estimate of drug-likeness (QED) is 0.457. The van der Waals surface area contributed by atoms with Gasteiger partial charge in [-0.3, -0.25) is 0 Å². The molecule has 0 bridgehead atoms. The zero-order valence-corrected chi connectivity index (χ0v) is 11.4. The van der Waals surface area contributed by atoms with Gasteiger partial charge in [0.2, 0.25) is 0 Å². The van der Waals surface area contributed by atoms with Gasteiger partial charge in [0.15, 0.2) is 0 Å². The molecular formula is C6H2BrF2I2N. The molecule has 0 fully saturated rings. The largest absolute Gasteiger partial charge is 0.266 e. The molecule has 0 spiro atoms. The van der Waals surface area contributed by atoms with Crippen LogP contribution in [0.1, 0.15) is 12.0 Å². The number of pyridine rings is 1. The SMILES string of the molecule is FC(F)c1cc(I)c(Br)nc1I. The van der Waals surface area contributed by atoms with Crippen LogP contribution in [0.2, 0.25) is 0 Å². The van der Waals surface area contributed by atoms with E-state index in [0.29, 0.717) is 11.9 Å². The normalized spacial score (nSPS) is 10.8. The first-order valence-corrected chi connectivity index (χ1v) is 5.77. The number of hydrogen-bond acceptors (Lipinski definition) is 1. The number of nitrogens with zero attached hydrogens (tertiary/aromatic N) is 1. The van der Waals surface area contributed by atoms with Crippen molar-refractivity contribution in [3.63, 3.8) is 0 Å². The van der Waals surface area contributed by atoms with Crippen LogP contribution < -0.4 is 0 Å². The van der Waals surface area contributed by atoms with Crippen LogP contribution in [0.15, 0.2) is 10.7 Å². The Morgan fingerprint density at radius 1 is 1.42 bits per heavy atom. The highest BCUT2D eigenvalue weighted by molar-refractivity contribution is 14.1. The lowest BCUT2D eigenvalue weighted by molar-refractivity contribution is 0.149. The van der Waals surface area contributed by atoms with Crippen molar-refractivity contribution in [3.8, 4) is 0 Å². The van der Waals surface area contributed by atoms with Gasteiger partial charge in [-0.25, -0.2) is 13.8 Å². The topological polar surface area (TPSA) is 12.9 Å². The fraction of sp³-hybridized carbons (Fsp3) is 0.167. The highest BCUT2D eigenvalue weighted by atomic mass is 127. The molecule has 0 atom stereocenters. The van der Waals surface area contributed by atoms with Crippen molar-refractivity contribution < 1.29 is 8.78 Å². The monoisotopic (exact) mass is 459 g/mol. The van der Waals surface area contributed by atoms with Gasteiger partial charge in [-0.1, -0.05) is 0 Å². The lowest BCUT2D eigenvalue weighted by Gasteiger charge is -2.03. The minimum atomic E-state index is -2.45. The summed E-state index contributed by atoms with van der Waals surface area (Å²) in [4.78, 5) is 3.91. The fourth-order valence-corrected chi connectivity index (χ4v) is 2.32. The highest BCUT2D eigenvalue weighted by Gasteiger charge is 2.14. The molecule has 0 amide bonds. The Morgan fingerprint density at radius 3 is 2.50 bits per heavy atom. The van der Waals surface area contributed by atoms with Crippen LogP contribution in [-0.4, -0.2) is 4.98 Å². The predicted molar refractivity (Wildman–Crippen MR) is 62.3 cm³/mol. The molecule has 0 aliphatic carbocycles. The van der Waals surface area contributed by atoms with E-state index in [9.17, 15) is 8.78 Å². The molecule has 0 unspecified atom stereocenters. The van der Waals surface area contributed by atoms with Crippen molar-refractivity contribution in [2.75, 3.05) is 0 Å². The summed E-state index contributed by atoms with van der Waals surface area (Å²) < 4.78 is 26.2. The number of hydrogen-bond donors (Lipinski definition) is 0. The van der Waals surface area contributed by atoms with Gasteiger partial charge in [0.1, 0.15) is 8.30 Å². The van der Waals surface area contributed by atoms with Gasteiger partial charge in [0.05, 0.1) is 5.56 Å². The van der Waals surface area contributed by atoms with E-state index in [4.69, 9.17) is 0 Å². The van der Waals surface area contributed by atoms with Gasteiger partial charge in [0.25, 0.3) is 6.43 Å². The summed E-state index contributed by atoms with van der Waals surface area (Å²) in [6.45, 7) is 0. The van der Waals surface area contributed by atoms with Gasteiger partial charge in [-0.2, -0.15) is 0 Å². The number of aromatic nitrogens is 1. The van der Waals surface area contributed by atoms with Crippen LogP contribution in [0.25, 0.3) is 0 Å². The molecule has 0 aromatic carbocycles. The molecule has 1 rings (SSSR count). The first-order valence-electron chi connectivity index (χ1n) is 2.82. The maximum Gasteiger partial charge on any atom is 0.266 e. The Hall–Kier alpha value is 0.950. The van der Waals surface area contributed by atoms with Gasteiger partial charge >= 0.3 is 0 Å². The van der Waals surface area contributed by atoms with Crippen LogP contribution in [0.5, 0.6) is 0 Å². The Morgan fingerprint density at radius 2 is 2.00 bits per heavy atom. The van der Waals surface area contributed by atoms with Crippen molar-refractivity contribution in [2.24, 2.45) is 0 Å². The third-order valence-corrected chi connectivity index (χ3v) is 4.18. The molecule has 1 heterocycles. The van der Waals surface area contributed by atoms with Crippen molar-refractivity contribution in [1.29, 1.82) is 0 Å². The zero-order chi connectivity index (χ0) is 9.30. The van der Waals surface area contributed by atoms with E-state index in [0.717, 1.165) is 0 Å². The van der Waals surface area contributed by atoms with Crippen molar-refractivity contribution in [3.05, 3.63) is 23.5 Å². The second-order valence-corrected chi connectivity index (χ2v) is 4.88. The second-order valence-electron chi connectivity index (χ2n) is 1.94. The van der Waals surface area contributed by atoms with E-state index in [1.54, 1.807) is 22.6 Å². The Balaban J connectivity index is 3.23. The minimum Gasteiger partial charge on any atom is -0.233 e. The third-order valence-electron chi connectivity index (χ3n) is 1.15. The average molecular weight is 460 g/mol. The van der Waals surface area contributed by atoms with Crippen LogP contribution in [0, 0.1) is 7.27 Å².